The van der Waals surface area contributed by atoms with Gasteiger partial charge in [-0.2, -0.15) is 11.8 Å². The number of alkyl carbamates (subject to hydrolysis) is 1. The van der Waals surface area contributed by atoms with Crippen LogP contribution in [-0.2, 0) is 23.9 Å². The fraction of sp³-hybridized carbons (Fsp3) is 0.438. The van der Waals surface area contributed by atoms with Gasteiger partial charge in [0.2, 0.25) is 5.91 Å². The van der Waals surface area contributed by atoms with Crippen molar-refractivity contribution in [1.29, 1.82) is 0 Å². The normalized spacial score (nSPS) is 16.4. The van der Waals surface area contributed by atoms with E-state index in [0.29, 0.717) is 43.1 Å². The van der Waals surface area contributed by atoms with Gasteiger partial charge in [-0.3, -0.25) is 14.4 Å². The quantitative estimate of drug-likeness (QED) is 0.191. The highest BCUT2D eigenvalue weighted by Gasteiger charge is 2.37. The molecule has 1 fully saturated rings. The van der Waals surface area contributed by atoms with Crippen LogP contribution in [0.1, 0.15) is 63.0 Å². The molecule has 1 unspecified atom stereocenters. The lowest BCUT2D eigenvalue weighted by atomic mass is 9.98. The van der Waals surface area contributed by atoms with E-state index in [4.69, 9.17) is 9.47 Å². The van der Waals surface area contributed by atoms with Gasteiger partial charge in [0, 0.05) is 31.1 Å². The molecule has 41 heavy (non-hydrogen) atoms. The van der Waals surface area contributed by atoms with E-state index in [-0.39, 0.29) is 36.6 Å². The third-order valence-electron chi connectivity index (χ3n) is 7.43. The number of nitrogens with zero attached hydrogens (tertiary/aromatic N) is 1. The number of thioether (sulfide) groups is 1. The number of Topliss-reactive ketones (excluding diaryl/α,β-unsaturated/α-hetero) is 1. The molecule has 2 aliphatic rings. The Bertz CT molecular complexity index is 1250. The molecule has 1 saturated heterocycles. The van der Waals surface area contributed by atoms with Crippen molar-refractivity contribution >= 4 is 35.5 Å². The monoisotopic (exact) mass is 578 g/mol. The second kappa shape index (κ2) is 14.3. The van der Waals surface area contributed by atoms with Crippen molar-refractivity contribution in [1.82, 2.24) is 10.2 Å². The summed E-state index contributed by atoms with van der Waals surface area (Å²) < 4.78 is 10.7. The van der Waals surface area contributed by atoms with Crippen molar-refractivity contribution in [2.75, 3.05) is 24.7 Å². The van der Waals surface area contributed by atoms with Crippen molar-refractivity contribution in [2.45, 2.75) is 64.0 Å². The average molecular weight is 579 g/mol. The maximum atomic E-state index is 13.6. The highest BCUT2D eigenvalue weighted by Crippen LogP contribution is 2.44. The first kappa shape index (κ1) is 30.4. The fourth-order valence-electron chi connectivity index (χ4n) is 5.52. The van der Waals surface area contributed by atoms with E-state index >= 15 is 0 Å². The predicted molar refractivity (Wildman–Crippen MR) is 159 cm³/mol. The van der Waals surface area contributed by atoms with Crippen LogP contribution in [0.2, 0.25) is 0 Å². The Morgan fingerprint density at radius 3 is 2.37 bits per heavy atom. The summed E-state index contributed by atoms with van der Waals surface area (Å²) in [6, 6.07) is 14.9. The van der Waals surface area contributed by atoms with Crippen molar-refractivity contribution in [2.24, 2.45) is 0 Å². The van der Waals surface area contributed by atoms with Gasteiger partial charge >= 0.3 is 12.1 Å². The number of carbonyl (C=O) groups is 4. The number of hydrogen-bond donors (Lipinski definition) is 1. The predicted octanol–water partition coefficient (Wildman–Crippen LogP) is 5.45. The van der Waals surface area contributed by atoms with E-state index in [2.05, 4.69) is 36.2 Å². The van der Waals surface area contributed by atoms with E-state index in [1.807, 2.05) is 24.3 Å². The van der Waals surface area contributed by atoms with Crippen LogP contribution in [0.25, 0.3) is 11.1 Å². The number of nitrogens with one attached hydrogen (secondary N) is 1. The molecule has 0 aromatic heterocycles. The van der Waals surface area contributed by atoms with Crippen LogP contribution in [0.15, 0.2) is 60.9 Å². The molecular formula is C32H38N2O6S. The van der Waals surface area contributed by atoms with Crippen LogP contribution in [0, 0.1) is 0 Å². The van der Waals surface area contributed by atoms with Crippen LogP contribution < -0.4 is 5.32 Å². The molecule has 0 saturated carbocycles. The van der Waals surface area contributed by atoms with E-state index in [1.165, 1.54) is 11.8 Å². The lowest BCUT2D eigenvalue weighted by Crippen LogP contribution is -2.53. The lowest BCUT2D eigenvalue weighted by Gasteiger charge is -2.28. The average Bonchev–Trinajstić information content (AvgIpc) is 3.57. The smallest absolute Gasteiger partial charge is 0.407 e. The summed E-state index contributed by atoms with van der Waals surface area (Å²) in [4.78, 5) is 52.5. The number of carbonyl (C=O) groups excluding carboxylic acids is 4. The first-order valence-electron chi connectivity index (χ1n) is 14.2. The topological polar surface area (TPSA) is 102 Å². The van der Waals surface area contributed by atoms with Gasteiger partial charge in [-0.25, -0.2) is 4.79 Å². The maximum absolute atomic E-state index is 13.6. The molecule has 0 radical (unpaired) electrons. The highest BCUT2D eigenvalue weighted by molar-refractivity contribution is 7.99. The Morgan fingerprint density at radius 2 is 1.73 bits per heavy atom. The summed E-state index contributed by atoms with van der Waals surface area (Å²) in [6.45, 7) is 7.60. The molecule has 4 rings (SSSR count). The number of hydrogen-bond acceptors (Lipinski definition) is 7. The summed E-state index contributed by atoms with van der Waals surface area (Å²) in [5.41, 5.74) is 4.48. The lowest BCUT2D eigenvalue weighted by molar-refractivity contribution is -0.139. The Hall–Kier alpha value is -3.59. The molecule has 1 heterocycles. The number of amides is 2. The number of allylic oxidation sites excluding steroid dienone is 1. The number of ether oxygens (including phenoxy) is 2. The van der Waals surface area contributed by atoms with Crippen molar-refractivity contribution in [3.8, 4) is 11.1 Å². The Morgan fingerprint density at radius 1 is 1.07 bits per heavy atom. The minimum atomic E-state index is -0.858. The Labute approximate surface area is 245 Å². The highest BCUT2D eigenvalue weighted by atomic mass is 32.2. The van der Waals surface area contributed by atoms with Gasteiger partial charge in [0.05, 0.1) is 11.8 Å². The maximum Gasteiger partial charge on any atom is 0.407 e. The van der Waals surface area contributed by atoms with Gasteiger partial charge in [-0.05, 0) is 54.2 Å². The molecular weight excluding hydrogens is 540 g/mol. The second-order valence-electron chi connectivity index (χ2n) is 10.4. The van der Waals surface area contributed by atoms with Gasteiger partial charge in [0.25, 0.3) is 0 Å². The molecule has 2 atom stereocenters. The van der Waals surface area contributed by atoms with Crippen LogP contribution in [0.5, 0.6) is 0 Å². The van der Waals surface area contributed by atoms with E-state index < -0.39 is 18.2 Å². The molecule has 0 bridgehead atoms. The second-order valence-corrected chi connectivity index (χ2v) is 11.5. The third kappa shape index (κ3) is 7.58. The SMILES string of the molecule is C=C(C)OC(=O)CCCSCC(NC(=O)OCC1c2ccccc2-c2ccccc21)C(=O)N1CCC[C@H]1C(=O)CC. The molecule has 2 aromatic rings. The zero-order valence-electron chi connectivity index (χ0n) is 23.7. The van der Waals surface area contributed by atoms with Crippen molar-refractivity contribution < 1.29 is 28.7 Å². The number of ketones is 1. The largest absolute Gasteiger partial charge is 0.449 e. The van der Waals surface area contributed by atoms with Crippen LogP contribution in [-0.4, -0.2) is 65.4 Å². The molecule has 1 N–H and O–H groups in total. The molecule has 0 spiro atoms. The third-order valence-corrected chi connectivity index (χ3v) is 8.58. The Balaban J connectivity index is 1.39. The molecule has 2 aromatic carbocycles. The molecule has 8 nitrogen and oxygen atoms in total. The van der Waals surface area contributed by atoms with Gasteiger partial charge in [0.1, 0.15) is 12.6 Å². The zero-order chi connectivity index (χ0) is 29.4. The van der Waals surface area contributed by atoms with Gasteiger partial charge in [-0.15, -0.1) is 0 Å². The van der Waals surface area contributed by atoms with E-state index in [1.54, 1.807) is 18.7 Å². The van der Waals surface area contributed by atoms with Crippen LogP contribution in [0.3, 0.4) is 0 Å². The molecule has 1 aliphatic heterocycles. The minimum Gasteiger partial charge on any atom is -0.449 e. The standard InChI is InChI=1S/C32H38N2O6S/c1-4-29(35)28-15-9-17-34(28)31(37)27(20-41-18-10-16-30(36)40-21(2)3)33-32(38)39-19-26-24-13-7-5-11-22(24)23-12-6-8-14-25(23)26/h5-8,11-14,26-28H,2,4,9-10,15-20H2,1,3H3,(H,33,38)/t27?,28-/m0/s1. The molecule has 1 aliphatic carbocycles. The summed E-state index contributed by atoms with van der Waals surface area (Å²) >= 11 is 1.46. The van der Waals surface area contributed by atoms with Gasteiger partial charge < -0.3 is 19.7 Å². The number of likely N-dealkylation sites (tertiary alicyclic amines) is 1. The van der Waals surface area contributed by atoms with Crippen molar-refractivity contribution in [3.05, 3.63) is 72.0 Å². The van der Waals surface area contributed by atoms with E-state index in [9.17, 15) is 19.2 Å². The van der Waals surface area contributed by atoms with E-state index in [0.717, 1.165) is 28.7 Å². The summed E-state index contributed by atoms with van der Waals surface area (Å²) in [5.74, 6) is 0.543. The zero-order valence-corrected chi connectivity index (χ0v) is 24.5. The van der Waals surface area contributed by atoms with Gasteiger partial charge in [0.15, 0.2) is 5.78 Å². The van der Waals surface area contributed by atoms with Crippen molar-refractivity contribution in [3.63, 3.8) is 0 Å². The number of benzene rings is 2. The summed E-state index contributed by atoms with van der Waals surface area (Å²) in [6.07, 6.45) is 1.86. The number of esters is 1. The number of rotatable bonds is 13. The van der Waals surface area contributed by atoms with Crippen LogP contribution in [0.4, 0.5) is 4.79 Å². The summed E-state index contributed by atoms with van der Waals surface area (Å²) in [7, 11) is 0. The fourth-order valence-corrected chi connectivity index (χ4v) is 6.50. The molecule has 218 valence electrons. The minimum absolute atomic E-state index is 0.0272. The molecule has 2 amide bonds. The first-order valence-corrected chi connectivity index (χ1v) is 15.3. The molecule has 9 heteroatoms. The Kier molecular flexibility index (Phi) is 10.6. The number of fused-ring (bicyclic) bond motifs is 3. The summed E-state index contributed by atoms with van der Waals surface area (Å²) in [5, 5.41) is 2.78. The first-order chi connectivity index (χ1) is 19.8. The van der Waals surface area contributed by atoms with Crippen LogP contribution >= 0.6 is 11.8 Å². The van der Waals surface area contributed by atoms with Gasteiger partial charge in [-0.1, -0.05) is 62.0 Å².